The van der Waals surface area contributed by atoms with Gasteiger partial charge in [-0.15, -0.1) is 11.3 Å². The first kappa shape index (κ1) is 24.1. The van der Waals surface area contributed by atoms with Crippen LogP contribution in [0, 0.1) is 29.1 Å². The summed E-state index contributed by atoms with van der Waals surface area (Å²) >= 11 is 13.4. The minimum Gasteiger partial charge on any atom is -0.345 e. The van der Waals surface area contributed by atoms with Gasteiger partial charge in [0.05, 0.1) is 10.7 Å². The smallest absolute Gasteiger partial charge is 0.249 e. The van der Waals surface area contributed by atoms with E-state index in [1.165, 1.54) is 11.3 Å². The molecule has 1 fully saturated rings. The lowest BCUT2D eigenvalue weighted by atomic mass is 10.2. The number of hydrogen-bond donors (Lipinski definition) is 0. The average Bonchev–Trinajstić information content (AvgIpc) is 3.26. The first-order chi connectivity index (χ1) is 15.5. The summed E-state index contributed by atoms with van der Waals surface area (Å²) in [6.07, 6.45) is 0. The second-order valence-electron chi connectivity index (χ2n) is 6.93. The Morgan fingerprint density at radius 1 is 0.879 bits per heavy atom. The highest BCUT2D eigenvalue weighted by Crippen LogP contribution is 2.34. The van der Waals surface area contributed by atoms with Crippen LogP contribution >= 0.6 is 34.5 Å². The van der Waals surface area contributed by atoms with Gasteiger partial charge in [-0.05, 0) is 18.2 Å². The molecule has 0 radical (unpaired) electrons. The number of aromatic nitrogens is 1. The lowest BCUT2D eigenvalue weighted by molar-refractivity contribution is 0.344. The van der Waals surface area contributed by atoms with E-state index in [2.05, 4.69) is 4.98 Å². The molecule has 2 heterocycles. The fourth-order valence-electron chi connectivity index (χ4n) is 3.29. The maximum atomic E-state index is 14.1. The summed E-state index contributed by atoms with van der Waals surface area (Å²) in [5.74, 6) is -11.8. The van der Waals surface area contributed by atoms with Crippen molar-refractivity contribution in [2.45, 2.75) is 4.90 Å². The third kappa shape index (κ3) is 4.30. The number of benzene rings is 2. The van der Waals surface area contributed by atoms with Gasteiger partial charge in [0.25, 0.3) is 0 Å². The first-order valence-corrected chi connectivity index (χ1v) is 12.3. The molecular formula is C19H12Cl2F5N3O2S2. The SMILES string of the molecule is O=S(=O)(c1c(F)c(F)c(F)c(F)c1F)N1CCN(c2nc(-c3ccc(Cl)cc3Cl)cs2)CC1. The Morgan fingerprint density at radius 3 is 2.03 bits per heavy atom. The van der Waals surface area contributed by atoms with E-state index < -0.39 is 44.0 Å². The second-order valence-corrected chi connectivity index (χ2v) is 10.5. The summed E-state index contributed by atoms with van der Waals surface area (Å²) in [6.45, 7) is -0.344. The summed E-state index contributed by atoms with van der Waals surface area (Å²) in [4.78, 5) is 4.37. The van der Waals surface area contributed by atoms with Gasteiger partial charge in [-0.3, -0.25) is 0 Å². The summed E-state index contributed by atoms with van der Waals surface area (Å²) in [5.41, 5.74) is 1.23. The lowest BCUT2D eigenvalue weighted by Gasteiger charge is -2.33. The third-order valence-corrected chi connectivity index (χ3v) is 8.34. The minimum absolute atomic E-state index is 0.0793. The highest BCUT2D eigenvalue weighted by atomic mass is 35.5. The molecule has 176 valence electrons. The molecule has 0 N–H and O–H groups in total. The Bertz CT molecular complexity index is 1320. The quantitative estimate of drug-likeness (QED) is 0.254. The summed E-state index contributed by atoms with van der Waals surface area (Å²) in [5, 5.41) is 3.16. The molecule has 0 amide bonds. The van der Waals surface area contributed by atoms with Crippen molar-refractivity contribution in [2.75, 3.05) is 31.1 Å². The summed E-state index contributed by atoms with van der Waals surface area (Å²) in [6, 6.07) is 4.93. The summed E-state index contributed by atoms with van der Waals surface area (Å²) < 4.78 is 94.4. The molecule has 33 heavy (non-hydrogen) atoms. The minimum atomic E-state index is -4.98. The number of thiazole rings is 1. The van der Waals surface area contributed by atoms with Crippen molar-refractivity contribution in [1.82, 2.24) is 9.29 Å². The van der Waals surface area contributed by atoms with Gasteiger partial charge in [-0.25, -0.2) is 35.4 Å². The summed E-state index contributed by atoms with van der Waals surface area (Å²) in [7, 11) is -4.98. The number of hydrogen-bond acceptors (Lipinski definition) is 5. The van der Waals surface area contributed by atoms with Crippen molar-refractivity contribution < 1.29 is 30.4 Å². The van der Waals surface area contributed by atoms with Crippen LogP contribution in [0.15, 0.2) is 28.5 Å². The van der Waals surface area contributed by atoms with Gasteiger partial charge in [0.2, 0.25) is 15.8 Å². The van der Waals surface area contributed by atoms with E-state index in [0.29, 0.717) is 30.7 Å². The fourth-order valence-corrected chi connectivity index (χ4v) is 6.21. The van der Waals surface area contributed by atoms with Crippen molar-refractivity contribution in [2.24, 2.45) is 0 Å². The Balaban J connectivity index is 1.54. The van der Waals surface area contributed by atoms with E-state index in [1.807, 2.05) is 0 Å². The average molecular weight is 544 g/mol. The van der Waals surface area contributed by atoms with Gasteiger partial charge < -0.3 is 4.90 Å². The van der Waals surface area contributed by atoms with Crippen LogP contribution in [0.2, 0.25) is 10.0 Å². The van der Waals surface area contributed by atoms with E-state index in [9.17, 15) is 30.4 Å². The molecule has 14 heteroatoms. The van der Waals surface area contributed by atoms with Crippen molar-refractivity contribution in [3.63, 3.8) is 0 Å². The van der Waals surface area contributed by atoms with Gasteiger partial charge in [0.1, 0.15) is 0 Å². The highest BCUT2D eigenvalue weighted by Gasteiger charge is 2.38. The van der Waals surface area contributed by atoms with Crippen LogP contribution in [0.4, 0.5) is 27.1 Å². The Labute approximate surface area is 199 Å². The van der Waals surface area contributed by atoms with Gasteiger partial charge >= 0.3 is 0 Å². The second kappa shape index (κ2) is 8.99. The zero-order valence-corrected chi connectivity index (χ0v) is 19.4. The standard InChI is InChI=1S/C19H12Cl2F5N3O2S2/c20-9-1-2-10(11(21)7-9)12-8-32-19(27-12)28-3-5-29(6-4-28)33(30,31)18-16(25)14(23)13(22)15(24)17(18)26/h1-2,7-8H,3-6H2. The van der Waals surface area contributed by atoms with Crippen LogP contribution in [-0.2, 0) is 10.0 Å². The molecule has 0 spiro atoms. The number of halogens is 7. The third-order valence-electron chi connectivity index (χ3n) is 4.98. The van der Waals surface area contributed by atoms with Crippen LogP contribution < -0.4 is 4.90 Å². The van der Waals surface area contributed by atoms with Gasteiger partial charge in [-0.1, -0.05) is 23.2 Å². The van der Waals surface area contributed by atoms with Crippen LogP contribution in [0.3, 0.4) is 0 Å². The zero-order chi connectivity index (χ0) is 24.1. The van der Waals surface area contributed by atoms with Crippen molar-refractivity contribution in [3.05, 3.63) is 62.7 Å². The Hall–Kier alpha value is -1.99. The molecule has 1 aromatic heterocycles. The topological polar surface area (TPSA) is 53.5 Å². The molecule has 1 aliphatic heterocycles. The maximum absolute atomic E-state index is 14.1. The van der Waals surface area contributed by atoms with Crippen molar-refractivity contribution >= 4 is 49.7 Å². The first-order valence-electron chi connectivity index (χ1n) is 9.20. The largest absolute Gasteiger partial charge is 0.345 e. The number of anilines is 1. The predicted octanol–water partition coefficient (Wildman–Crippen LogP) is 5.32. The molecule has 0 saturated carbocycles. The number of rotatable bonds is 4. The molecule has 0 aliphatic carbocycles. The molecule has 3 aromatic rings. The fraction of sp³-hybridized carbons (Fsp3) is 0.211. The van der Waals surface area contributed by atoms with E-state index in [-0.39, 0.29) is 26.2 Å². The molecule has 5 nitrogen and oxygen atoms in total. The molecule has 2 aromatic carbocycles. The van der Waals surface area contributed by atoms with Gasteiger partial charge in [-0.2, -0.15) is 4.31 Å². The van der Waals surface area contributed by atoms with Crippen LogP contribution in [0.5, 0.6) is 0 Å². The Morgan fingerprint density at radius 2 is 1.45 bits per heavy atom. The molecule has 1 saturated heterocycles. The van der Waals surface area contributed by atoms with E-state index in [0.717, 1.165) is 0 Å². The predicted molar refractivity (Wildman–Crippen MR) is 115 cm³/mol. The van der Waals surface area contributed by atoms with Gasteiger partial charge in [0.15, 0.2) is 33.3 Å². The number of piperazine rings is 1. The van der Waals surface area contributed by atoms with Crippen molar-refractivity contribution in [3.8, 4) is 11.3 Å². The molecule has 0 unspecified atom stereocenters. The van der Waals surface area contributed by atoms with Crippen LogP contribution in [0.1, 0.15) is 0 Å². The van der Waals surface area contributed by atoms with Gasteiger partial charge in [0, 0.05) is 42.1 Å². The zero-order valence-electron chi connectivity index (χ0n) is 16.3. The number of sulfonamides is 1. The molecule has 0 atom stereocenters. The van der Waals surface area contributed by atoms with Crippen LogP contribution in [-0.4, -0.2) is 43.9 Å². The van der Waals surface area contributed by atoms with Crippen molar-refractivity contribution in [1.29, 1.82) is 0 Å². The molecule has 1 aliphatic rings. The number of nitrogens with zero attached hydrogens (tertiary/aromatic N) is 3. The van der Waals surface area contributed by atoms with Crippen LogP contribution in [0.25, 0.3) is 11.3 Å². The maximum Gasteiger partial charge on any atom is 0.249 e. The highest BCUT2D eigenvalue weighted by molar-refractivity contribution is 7.89. The normalized spacial score (nSPS) is 15.3. The lowest BCUT2D eigenvalue weighted by Crippen LogP contribution is -2.49. The monoisotopic (exact) mass is 543 g/mol. The Kier molecular flexibility index (Phi) is 6.58. The molecule has 4 rings (SSSR count). The van der Waals surface area contributed by atoms with E-state index in [4.69, 9.17) is 23.2 Å². The van der Waals surface area contributed by atoms with E-state index in [1.54, 1.807) is 28.5 Å². The van der Waals surface area contributed by atoms with E-state index >= 15 is 0 Å². The molecular weight excluding hydrogens is 532 g/mol. The molecule has 0 bridgehead atoms.